The molecule has 0 bridgehead atoms. The van der Waals surface area contributed by atoms with Gasteiger partial charge in [-0.25, -0.2) is 4.39 Å². The minimum Gasteiger partial charge on any atom is -0.488 e. The van der Waals surface area contributed by atoms with Gasteiger partial charge in [0.25, 0.3) is 0 Å². The molecule has 3 rings (SSSR count). The highest BCUT2D eigenvalue weighted by Gasteiger charge is 2.33. The maximum Gasteiger partial charge on any atom is 0.249 e. The summed E-state index contributed by atoms with van der Waals surface area (Å²) >= 11 is 1.66. The van der Waals surface area contributed by atoms with Gasteiger partial charge in [0.15, 0.2) is 11.6 Å². The molecule has 0 spiro atoms. The maximum absolute atomic E-state index is 14.1. The molecule has 1 aromatic carbocycles. The van der Waals surface area contributed by atoms with Gasteiger partial charge in [-0.2, -0.15) is 0 Å². The van der Waals surface area contributed by atoms with E-state index < -0.39 is 5.82 Å². The third-order valence-corrected chi connectivity index (χ3v) is 6.57. The number of thiophene rings is 1. The molecular weight excluding hydrogens is 431 g/mol. The number of halogens is 1. The maximum atomic E-state index is 14.1. The number of fused-ring (bicyclic) bond motifs is 1. The van der Waals surface area contributed by atoms with Gasteiger partial charge in [0.1, 0.15) is 13.2 Å². The number of hydrogen-bond acceptors (Lipinski definition) is 5. The van der Waals surface area contributed by atoms with Crippen molar-refractivity contribution in [3.05, 3.63) is 52.0 Å². The lowest BCUT2D eigenvalue weighted by Gasteiger charge is -2.37. The molecule has 0 saturated heterocycles. The average molecular weight is 463 g/mol. The van der Waals surface area contributed by atoms with Crippen LogP contribution in [0.1, 0.15) is 36.8 Å². The lowest BCUT2D eigenvalue weighted by molar-refractivity contribution is -0.144. The summed E-state index contributed by atoms with van der Waals surface area (Å²) < 4.78 is 24.9. The topological polar surface area (TPSA) is 59.1 Å². The van der Waals surface area contributed by atoms with E-state index in [-0.39, 0.29) is 43.4 Å². The third-order valence-electron chi connectivity index (χ3n) is 5.57. The van der Waals surface area contributed by atoms with E-state index in [9.17, 15) is 14.0 Å². The Bertz CT molecular complexity index is 917. The molecule has 0 saturated carbocycles. The first-order valence-corrected chi connectivity index (χ1v) is 11.8. The van der Waals surface area contributed by atoms with Gasteiger partial charge in [-0.15, -0.1) is 11.3 Å². The summed E-state index contributed by atoms with van der Waals surface area (Å²) in [4.78, 5) is 30.4. The Balaban J connectivity index is 1.76. The Morgan fingerprint density at radius 3 is 2.78 bits per heavy atom. The highest BCUT2D eigenvalue weighted by Crippen LogP contribution is 2.34. The Labute approximate surface area is 192 Å². The molecule has 1 aromatic heterocycles. The van der Waals surface area contributed by atoms with Crippen LogP contribution in [0.2, 0.25) is 0 Å². The normalized spacial score (nSPS) is 15.5. The number of carbonyl (C=O) groups is 2. The number of nitrogens with zero attached hydrogens (tertiary/aromatic N) is 2. The van der Waals surface area contributed by atoms with Crippen LogP contribution >= 0.6 is 11.3 Å². The summed E-state index contributed by atoms with van der Waals surface area (Å²) in [7, 11) is 1.47. The van der Waals surface area contributed by atoms with Crippen molar-refractivity contribution in [3.63, 3.8) is 0 Å². The van der Waals surface area contributed by atoms with Gasteiger partial charge in [0.05, 0.1) is 12.6 Å². The van der Waals surface area contributed by atoms with Crippen molar-refractivity contribution in [2.24, 2.45) is 5.92 Å². The zero-order chi connectivity index (χ0) is 23.1. The standard InChI is InChI=1S/C24H31FN2O4S/c1-17(2)8-11-26(24(29)16-30-3)14-23(28)27-12-9-22-18(10-13-32-22)20(27)15-31-21-7-5-4-6-19(21)25/h4-7,10,13,17,20H,8-9,11-12,14-16H2,1-3H3/t20-/m0/s1. The minimum atomic E-state index is -0.434. The van der Waals surface area contributed by atoms with Crippen LogP contribution in [-0.2, 0) is 20.7 Å². The monoisotopic (exact) mass is 462 g/mol. The van der Waals surface area contributed by atoms with Crippen molar-refractivity contribution in [2.45, 2.75) is 32.7 Å². The van der Waals surface area contributed by atoms with Crippen molar-refractivity contribution in [3.8, 4) is 5.75 Å². The largest absolute Gasteiger partial charge is 0.488 e. The highest BCUT2D eigenvalue weighted by molar-refractivity contribution is 7.10. The van der Waals surface area contributed by atoms with Crippen LogP contribution in [0, 0.1) is 11.7 Å². The smallest absolute Gasteiger partial charge is 0.249 e. The van der Waals surface area contributed by atoms with Crippen molar-refractivity contribution < 1.29 is 23.5 Å². The van der Waals surface area contributed by atoms with E-state index >= 15 is 0 Å². The molecule has 2 amide bonds. The highest BCUT2D eigenvalue weighted by atomic mass is 32.1. The molecule has 32 heavy (non-hydrogen) atoms. The number of rotatable bonds is 10. The first-order valence-electron chi connectivity index (χ1n) is 10.9. The number of hydrogen-bond donors (Lipinski definition) is 0. The molecular formula is C24H31FN2O4S. The SMILES string of the molecule is COCC(=O)N(CCC(C)C)CC(=O)N1CCc2sccc2[C@@H]1COc1ccccc1F. The van der Waals surface area contributed by atoms with Crippen molar-refractivity contribution in [2.75, 3.05) is 40.0 Å². The van der Waals surface area contributed by atoms with Gasteiger partial charge >= 0.3 is 0 Å². The van der Waals surface area contributed by atoms with E-state index in [1.807, 2.05) is 11.4 Å². The summed E-state index contributed by atoms with van der Waals surface area (Å²) in [6.07, 6.45) is 1.56. The van der Waals surface area contributed by atoms with Crippen LogP contribution in [-0.4, -0.2) is 61.6 Å². The molecule has 0 unspecified atom stereocenters. The first-order chi connectivity index (χ1) is 15.4. The molecule has 0 radical (unpaired) electrons. The number of amides is 2. The molecule has 1 aliphatic heterocycles. The molecule has 0 N–H and O–H groups in total. The van der Waals surface area contributed by atoms with Crippen LogP contribution in [0.4, 0.5) is 4.39 Å². The molecule has 0 aliphatic carbocycles. The number of methoxy groups -OCH3 is 1. The fourth-order valence-corrected chi connectivity index (χ4v) is 4.71. The Hall–Kier alpha value is -2.45. The molecule has 174 valence electrons. The number of carbonyl (C=O) groups excluding carboxylic acids is 2. The Kier molecular flexibility index (Phi) is 8.64. The first kappa shape index (κ1) is 24.2. The van der Waals surface area contributed by atoms with Crippen LogP contribution in [0.3, 0.4) is 0 Å². The van der Waals surface area contributed by atoms with E-state index in [0.29, 0.717) is 19.0 Å². The van der Waals surface area contributed by atoms with E-state index in [1.165, 1.54) is 18.1 Å². The molecule has 1 atom stereocenters. The zero-order valence-electron chi connectivity index (χ0n) is 18.9. The third kappa shape index (κ3) is 6.07. The van der Waals surface area contributed by atoms with E-state index in [0.717, 1.165) is 18.4 Å². The lowest BCUT2D eigenvalue weighted by atomic mass is 10.0. The fourth-order valence-electron chi connectivity index (χ4n) is 3.78. The van der Waals surface area contributed by atoms with Gasteiger partial charge in [-0.1, -0.05) is 26.0 Å². The second-order valence-electron chi connectivity index (χ2n) is 8.32. The van der Waals surface area contributed by atoms with Crippen molar-refractivity contribution >= 4 is 23.2 Å². The van der Waals surface area contributed by atoms with Crippen LogP contribution in [0.5, 0.6) is 5.75 Å². The predicted molar refractivity (Wildman–Crippen MR) is 122 cm³/mol. The van der Waals surface area contributed by atoms with Crippen LogP contribution in [0.15, 0.2) is 35.7 Å². The van der Waals surface area contributed by atoms with E-state index in [1.54, 1.807) is 39.3 Å². The number of para-hydroxylation sites is 1. The minimum absolute atomic E-state index is 0.00934. The summed E-state index contributed by atoms with van der Waals surface area (Å²) in [6, 6.07) is 7.92. The number of ether oxygens (including phenoxy) is 2. The summed E-state index contributed by atoms with van der Waals surface area (Å²) in [5.41, 5.74) is 1.03. The van der Waals surface area contributed by atoms with E-state index in [4.69, 9.17) is 9.47 Å². The lowest BCUT2D eigenvalue weighted by Crippen LogP contribution is -2.48. The second-order valence-corrected chi connectivity index (χ2v) is 9.32. The summed E-state index contributed by atoms with van der Waals surface area (Å²) in [5, 5.41) is 2.01. The number of benzene rings is 1. The van der Waals surface area contributed by atoms with Gasteiger partial charge in [-0.05, 0) is 47.9 Å². The zero-order valence-corrected chi connectivity index (χ0v) is 19.7. The average Bonchev–Trinajstić information content (AvgIpc) is 3.25. The quantitative estimate of drug-likeness (QED) is 0.537. The fraction of sp³-hybridized carbons (Fsp3) is 0.500. The van der Waals surface area contributed by atoms with E-state index in [2.05, 4.69) is 13.8 Å². The van der Waals surface area contributed by atoms with Crippen molar-refractivity contribution in [1.29, 1.82) is 0 Å². The molecule has 6 nitrogen and oxygen atoms in total. The molecule has 2 aromatic rings. The molecule has 8 heteroatoms. The van der Waals surface area contributed by atoms with Gasteiger partial charge < -0.3 is 19.3 Å². The van der Waals surface area contributed by atoms with Crippen molar-refractivity contribution in [1.82, 2.24) is 9.80 Å². The van der Waals surface area contributed by atoms with Crippen LogP contribution < -0.4 is 4.74 Å². The molecule has 1 aliphatic rings. The predicted octanol–water partition coefficient (Wildman–Crippen LogP) is 3.91. The second kappa shape index (κ2) is 11.4. The van der Waals surface area contributed by atoms with Gasteiger partial charge in [-0.3, -0.25) is 9.59 Å². The van der Waals surface area contributed by atoms with Gasteiger partial charge in [0.2, 0.25) is 11.8 Å². The van der Waals surface area contributed by atoms with Gasteiger partial charge in [0, 0.05) is 25.1 Å². The molecule has 0 fully saturated rings. The summed E-state index contributed by atoms with van der Waals surface area (Å²) in [5.74, 6) is -0.202. The summed E-state index contributed by atoms with van der Waals surface area (Å²) in [6.45, 7) is 5.28. The van der Waals surface area contributed by atoms with Crippen LogP contribution in [0.25, 0.3) is 0 Å². The molecule has 2 heterocycles. The Morgan fingerprint density at radius 1 is 1.28 bits per heavy atom. The Morgan fingerprint density at radius 2 is 2.06 bits per heavy atom.